The number of nitrogens with zero attached hydrogens (tertiary/aromatic N) is 2. The van der Waals surface area contributed by atoms with Crippen LogP contribution in [0.3, 0.4) is 0 Å². The molecule has 2 rings (SSSR count). The molecule has 0 atom stereocenters. The molecule has 0 aromatic heterocycles. The van der Waals surface area contributed by atoms with E-state index in [4.69, 9.17) is 5.11 Å². The second-order valence-electron chi connectivity index (χ2n) is 6.32. The molecule has 6 heteroatoms. The molecule has 0 aliphatic carbocycles. The maximum atomic E-state index is 12.1. The second kappa shape index (κ2) is 6.23. The molecule has 1 heterocycles. The summed E-state index contributed by atoms with van der Waals surface area (Å²) in [7, 11) is 0. The number of benzene rings is 1. The van der Waals surface area contributed by atoms with Gasteiger partial charge in [0.25, 0.3) is 11.8 Å². The third-order valence-corrected chi connectivity index (χ3v) is 3.61. The van der Waals surface area contributed by atoms with Crippen LogP contribution in [0.2, 0.25) is 0 Å². The molecule has 23 heavy (non-hydrogen) atoms. The van der Waals surface area contributed by atoms with Crippen molar-refractivity contribution in [2.75, 3.05) is 18.5 Å². The highest BCUT2D eigenvalue weighted by Gasteiger charge is 2.31. The van der Waals surface area contributed by atoms with E-state index in [1.807, 2.05) is 26.8 Å². The Kier molecular flexibility index (Phi) is 4.52. The van der Waals surface area contributed by atoms with Gasteiger partial charge in [0.15, 0.2) is 0 Å². The van der Waals surface area contributed by atoms with Crippen LogP contribution in [0, 0.1) is 11.3 Å². The van der Waals surface area contributed by atoms with Crippen LogP contribution in [0.4, 0.5) is 5.69 Å². The summed E-state index contributed by atoms with van der Waals surface area (Å²) in [4.78, 5) is 24.8. The van der Waals surface area contributed by atoms with Crippen LogP contribution in [-0.2, 0) is 15.0 Å². The molecule has 0 saturated heterocycles. The number of amides is 2. The molecule has 1 aliphatic heterocycles. The molecule has 0 spiro atoms. The molecule has 1 aromatic carbocycles. The summed E-state index contributed by atoms with van der Waals surface area (Å²) in [6.07, 6.45) is 1.18. The van der Waals surface area contributed by atoms with Gasteiger partial charge in [-0.3, -0.25) is 14.5 Å². The van der Waals surface area contributed by atoms with Gasteiger partial charge < -0.3 is 10.4 Å². The average Bonchev–Trinajstić information content (AvgIpc) is 2.74. The zero-order valence-corrected chi connectivity index (χ0v) is 13.4. The summed E-state index contributed by atoms with van der Waals surface area (Å²) in [6, 6.07) is 7.49. The lowest BCUT2D eigenvalue weighted by molar-refractivity contribution is -0.137. The smallest absolute Gasteiger partial charge is 0.277 e. The highest BCUT2D eigenvalue weighted by atomic mass is 16.3. The zero-order chi connectivity index (χ0) is 17.2. The Morgan fingerprint density at radius 3 is 2.57 bits per heavy atom. The Morgan fingerprint density at radius 1 is 1.30 bits per heavy atom. The van der Waals surface area contributed by atoms with E-state index in [9.17, 15) is 14.9 Å². The quantitative estimate of drug-likeness (QED) is 0.822. The minimum absolute atomic E-state index is 0.0482. The van der Waals surface area contributed by atoms with Crippen LogP contribution < -0.4 is 5.32 Å². The van der Waals surface area contributed by atoms with E-state index in [0.717, 1.165) is 10.5 Å². The monoisotopic (exact) mass is 313 g/mol. The number of rotatable bonds is 4. The number of hydrogen-bond donors (Lipinski definition) is 2. The molecule has 120 valence electrons. The molecule has 0 bridgehead atoms. The maximum absolute atomic E-state index is 12.1. The van der Waals surface area contributed by atoms with Gasteiger partial charge in [-0.25, -0.2) is 0 Å². The van der Waals surface area contributed by atoms with Crippen molar-refractivity contribution < 1.29 is 14.7 Å². The van der Waals surface area contributed by atoms with E-state index in [1.54, 1.807) is 12.1 Å². The molecule has 6 nitrogen and oxygen atoms in total. The lowest BCUT2D eigenvalue weighted by Crippen LogP contribution is -2.34. The molecular formula is C17H19N3O3. The molecule has 0 radical (unpaired) electrons. The van der Waals surface area contributed by atoms with Crippen LogP contribution >= 0.6 is 0 Å². The van der Waals surface area contributed by atoms with Crippen molar-refractivity contribution in [3.8, 4) is 6.07 Å². The predicted octanol–water partition coefficient (Wildman–Crippen LogP) is 1.51. The number of β-amino-alcohol motifs (C(OH)–C–C–N with tert-alkyl or cyclic N) is 1. The van der Waals surface area contributed by atoms with Crippen LogP contribution in [-0.4, -0.2) is 35.0 Å². The minimum Gasteiger partial charge on any atom is -0.395 e. The first kappa shape index (κ1) is 16.7. The van der Waals surface area contributed by atoms with Crippen LogP contribution in [0.5, 0.6) is 0 Å². The molecular weight excluding hydrogens is 294 g/mol. The van der Waals surface area contributed by atoms with Gasteiger partial charge in [-0.05, 0) is 23.1 Å². The molecule has 2 N–H and O–H groups in total. The van der Waals surface area contributed by atoms with Crippen molar-refractivity contribution in [3.05, 3.63) is 41.1 Å². The van der Waals surface area contributed by atoms with Crippen molar-refractivity contribution in [2.24, 2.45) is 0 Å². The molecule has 1 aliphatic rings. The summed E-state index contributed by atoms with van der Waals surface area (Å²) in [5, 5.41) is 21.1. The van der Waals surface area contributed by atoms with Gasteiger partial charge in [-0.15, -0.1) is 0 Å². The van der Waals surface area contributed by atoms with Gasteiger partial charge >= 0.3 is 0 Å². The van der Waals surface area contributed by atoms with E-state index < -0.39 is 11.8 Å². The van der Waals surface area contributed by atoms with Crippen LogP contribution in [0.15, 0.2) is 30.0 Å². The van der Waals surface area contributed by atoms with Gasteiger partial charge in [0.1, 0.15) is 11.8 Å². The van der Waals surface area contributed by atoms with Gasteiger partial charge in [-0.1, -0.05) is 26.8 Å². The van der Waals surface area contributed by atoms with Crippen molar-refractivity contribution in [1.29, 1.82) is 5.26 Å². The maximum Gasteiger partial charge on any atom is 0.277 e. The summed E-state index contributed by atoms with van der Waals surface area (Å²) < 4.78 is 0. The zero-order valence-electron chi connectivity index (χ0n) is 13.4. The van der Waals surface area contributed by atoms with Crippen LogP contribution in [0.1, 0.15) is 31.9 Å². The standard InChI is InChI=1S/C17H19N3O3/c1-17(2,3)12-4-5-13(11(8-12)10-18)19-14-9-15(22)20(6-7-21)16(14)23/h4-5,8-9,19,21H,6-7H2,1-3H3. The van der Waals surface area contributed by atoms with E-state index in [-0.39, 0.29) is 24.3 Å². The number of carbonyl (C=O) groups is 2. The molecule has 0 saturated carbocycles. The third-order valence-electron chi connectivity index (χ3n) is 3.61. The summed E-state index contributed by atoms with van der Waals surface area (Å²) >= 11 is 0. The fraction of sp³-hybridized carbons (Fsp3) is 0.353. The summed E-state index contributed by atoms with van der Waals surface area (Å²) in [6.45, 7) is 5.80. The van der Waals surface area contributed by atoms with Gasteiger partial charge in [0.2, 0.25) is 0 Å². The number of anilines is 1. The Morgan fingerprint density at radius 2 is 2.00 bits per heavy atom. The Balaban J connectivity index is 2.28. The number of aliphatic hydroxyl groups excluding tert-OH is 1. The minimum atomic E-state index is -0.507. The first-order chi connectivity index (χ1) is 10.8. The molecule has 2 amide bonds. The van der Waals surface area contributed by atoms with E-state index in [0.29, 0.717) is 11.3 Å². The SMILES string of the molecule is CC(C)(C)c1ccc(NC2=CC(=O)N(CCO)C2=O)c(C#N)c1. The van der Waals surface area contributed by atoms with Crippen LogP contribution in [0.25, 0.3) is 0 Å². The first-order valence-corrected chi connectivity index (χ1v) is 7.28. The van der Waals surface area contributed by atoms with E-state index in [2.05, 4.69) is 11.4 Å². The van der Waals surface area contributed by atoms with E-state index >= 15 is 0 Å². The topological polar surface area (TPSA) is 93.4 Å². The Hall–Kier alpha value is -2.65. The number of nitriles is 1. The van der Waals surface area contributed by atoms with Gasteiger partial charge in [-0.2, -0.15) is 5.26 Å². The molecule has 0 unspecified atom stereocenters. The van der Waals surface area contributed by atoms with E-state index in [1.165, 1.54) is 6.08 Å². The lowest BCUT2D eigenvalue weighted by atomic mass is 9.86. The Bertz CT molecular complexity index is 724. The number of hydrogen-bond acceptors (Lipinski definition) is 5. The molecule has 0 fully saturated rings. The van der Waals surface area contributed by atoms with Crippen molar-refractivity contribution in [1.82, 2.24) is 4.90 Å². The highest BCUT2D eigenvalue weighted by Crippen LogP contribution is 2.27. The summed E-state index contributed by atoms with van der Waals surface area (Å²) in [5.41, 5.74) is 1.88. The fourth-order valence-corrected chi connectivity index (χ4v) is 2.27. The van der Waals surface area contributed by atoms with Gasteiger partial charge in [0, 0.05) is 6.08 Å². The largest absolute Gasteiger partial charge is 0.395 e. The fourth-order valence-electron chi connectivity index (χ4n) is 2.27. The first-order valence-electron chi connectivity index (χ1n) is 7.28. The number of carbonyl (C=O) groups excluding carboxylic acids is 2. The highest BCUT2D eigenvalue weighted by molar-refractivity contribution is 6.17. The molecule has 1 aromatic rings. The van der Waals surface area contributed by atoms with Crippen molar-refractivity contribution in [3.63, 3.8) is 0 Å². The van der Waals surface area contributed by atoms with Crippen molar-refractivity contribution >= 4 is 17.5 Å². The third kappa shape index (κ3) is 3.41. The Labute approximate surface area is 135 Å². The second-order valence-corrected chi connectivity index (χ2v) is 6.32. The number of nitrogens with one attached hydrogen (secondary N) is 1. The van der Waals surface area contributed by atoms with Gasteiger partial charge in [0.05, 0.1) is 24.4 Å². The average molecular weight is 313 g/mol. The summed E-state index contributed by atoms with van der Waals surface area (Å²) in [5.74, 6) is -0.982. The van der Waals surface area contributed by atoms with Crippen molar-refractivity contribution in [2.45, 2.75) is 26.2 Å². The normalized spacial score (nSPS) is 14.7. The predicted molar refractivity (Wildman–Crippen MR) is 85.4 cm³/mol. The lowest BCUT2D eigenvalue weighted by Gasteiger charge is -2.20. The number of imide groups is 1. The number of aliphatic hydroxyl groups is 1.